The average molecular weight is 325 g/mol. The van der Waals surface area contributed by atoms with Crippen molar-refractivity contribution in [2.75, 3.05) is 25.5 Å². The van der Waals surface area contributed by atoms with Crippen LogP contribution in [0, 0.1) is 0 Å². The number of aliphatic hydroxyl groups is 4. The molecule has 1 saturated heterocycles. The fourth-order valence-electron chi connectivity index (χ4n) is 1.89. The van der Waals surface area contributed by atoms with E-state index in [-0.39, 0.29) is 12.5 Å². The van der Waals surface area contributed by atoms with E-state index < -0.39 is 37.3 Å². The van der Waals surface area contributed by atoms with Crippen molar-refractivity contribution in [2.45, 2.75) is 43.5 Å². The molecule has 0 unspecified atom stereocenters. The largest absolute Gasteiger partial charge is 0.394 e. The molecule has 1 fully saturated rings. The number of amides is 1. The van der Waals surface area contributed by atoms with Crippen LogP contribution >= 0.6 is 12.6 Å². The lowest BCUT2D eigenvalue weighted by molar-refractivity contribution is -0.301. The van der Waals surface area contributed by atoms with E-state index >= 15 is 0 Å². The van der Waals surface area contributed by atoms with Gasteiger partial charge in [0.25, 0.3) is 0 Å². The highest BCUT2D eigenvalue weighted by atomic mass is 32.1. The summed E-state index contributed by atoms with van der Waals surface area (Å²) in [6, 6.07) is 0. The van der Waals surface area contributed by atoms with E-state index in [2.05, 4.69) is 17.9 Å². The van der Waals surface area contributed by atoms with Gasteiger partial charge >= 0.3 is 0 Å². The highest BCUT2D eigenvalue weighted by Crippen LogP contribution is 2.21. The fraction of sp³-hybridized carbons (Fsp3) is 0.917. The number of hydrogen-bond acceptors (Lipinski definition) is 8. The quantitative estimate of drug-likeness (QED) is 0.217. The van der Waals surface area contributed by atoms with Gasteiger partial charge in [0.1, 0.15) is 24.4 Å². The second-order valence-electron chi connectivity index (χ2n) is 4.75. The minimum absolute atomic E-state index is 0.0992. The molecule has 0 bridgehead atoms. The van der Waals surface area contributed by atoms with Crippen molar-refractivity contribution in [3.05, 3.63) is 0 Å². The van der Waals surface area contributed by atoms with Crippen molar-refractivity contribution in [3.8, 4) is 0 Å². The van der Waals surface area contributed by atoms with E-state index in [1.165, 1.54) is 0 Å². The molecule has 5 N–H and O–H groups in total. The molecule has 1 amide bonds. The number of rotatable bonds is 8. The summed E-state index contributed by atoms with van der Waals surface area (Å²) in [5, 5.41) is 40.6. The van der Waals surface area contributed by atoms with Crippen LogP contribution in [0.3, 0.4) is 0 Å². The molecule has 0 aliphatic carbocycles. The summed E-state index contributed by atoms with van der Waals surface area (Å²) in [6.07, 6.45) is -5.52. The number of ether oxygens (including phenoxy) is 2. The predicted octanol–water partition coefficient (Wildman–Crippen LogP) is -2.37. The number of hydrogen-bond donors (Lipinski definition) is 6. The zero-order valence-corrected chi connectivity index (χ0v) is 12.5. The van der Waals surface area contributed by atoms with E-state index in [4.69, 9.17) is 14.6 Å². The van der Waals surface area contributed by atoms with Crippen LogP contribution in [-0.2, 0) is 14.3 Å². The molecule has 0 saturated carbocycles. The van der Waals surface area contributed by atoms with Gasteiger partial charge in [0, 0.05) is 13.0 Å². The SMILES string of the molecule is O=C(CCS)NCCCO[C@@H]1O[C@H](CO)[C@H](O)[C@H](O)[C@H]1O. The second kappa shape index (κ2) is 9.57. The zero-order valence-electron chi connectivity index (χ0n) is 11.6. The maximum atomic E-state index is 11.2. The van der Waals surface area contributed by atoms with Crippen LogP contribution in [-0.4, -0.2) is 82.6 Å². The predicted molar refractivity (Wildman–Crippen MR) is 75.8 cm³/mol. The Morgan fingerprint density at radius 3 is 2.57 bits per heavy atom. The molecule has 0 spiro atoms. The van der Waals surface area contributed by atoms with Crippen LogP contribution in [0.2, 0.25) is 0 Å². The summed E-state index contributed by atoms with van der Waals surface area (Å²) in [4.78, 5) is 11.2. The topological polar surface area (TPSA) is 128 Å². The highest BCUT2D eigenvalue weighted by molar-refractivity contribution is 7.80. The van der Waals surface area contributed by atoms with Gasteiger partial charge < -0.3 is 35.2 Å². The minimum Gasteiger partial charge on any atom is -0.394 e. The molecule has 5 atom stereocenters. The summed E-state index contributed by atoms with van der Waals surface area (Å²) in [6.45, 7) is 0.0957. The molecule has 0 aromatic heterocycles. The van der Waals surface area contributed by atoms with Crippen LogP contribution in [0.25, 0.3) is 0 Å². The Hall–Kier alpha value is -0.420. The molecule has 1 aliphatic rings. The van der Waals surface area contributed by atoms with Crippen LogP contribution in [0.15, 0.2) is 0 Å². The molecule has 124 valence electrons. The van der Waals surface area contributed by atoms with Gasteiger partial charge in [-0.15, -0.1) is 0 Å². The first kappa shape index (κ1) is 18.6. The maximum Gasteiger partial charge on any atom is 0.220 e. The Bertz CT molecular complexity index is 318. The van der Waals surface area contributed by atoms with Gasteiger partial charge in [0.05, 0.1) is 13.2 Å². The first-order valence-electron chi connectivity index (χ1n) is 6.81. The Labute approximate surface area is 128 Å². The first-order chi connectivity index (χ1) is 10.0. The van der Waals surface area contributed by atoms with Crippen LogP contribution in [0.5, 0.6) is 0 Å². The summed E-state index contributed by atoms with van der Waals surface area (Å²) < 4.78 is 10.4. The van der Waals surface area contributed by atoms with Crippen molar-refractivity contribution < 1.29 is 34.7 Å². The van der Waals surface area contributed by atoms with Crippen molar-refractivity contribution in [2.24, 2.45) is 0 Å². The number of nitrogens with one attached hydrogen (secondary N) is 1. The number of carbonyl (C=O) groups is 1. The molecule has 1 rings (SSSR count). The van der Waals surface area contributed by atoms with Gasteiger partial charge in [-0.1, -0.05) is 0 Å². The van der Waals surface area contributed by atoms with E-state index in [9.17, 15) is 20.1 Å². The Kier molecular flexibility index (Phi) is 8.49. The smallest absolute Gasteiger partial charge is 0.220 e. The van der Waals surface area contributed by atoms with Crippen molar-refractivity contribution in [3.63, 3.8) is 0 Å². The molecular formula is C12H23NO7S. The monoisotopic (exact) mass is 325 g/mol. The van der Waals surface area contributed by atoms with E-state index in [1.807, 2.05) is 0 Å². The summed E-state index contributed by atoms with van der Waals surface area (Å²) >= 11 is 3.94. The fourth-order valence-corrected chi connectivity index (χ4v) is 2.10. The third kappa shape index (κ3) is 5.70. The average Bonchev–Trinajstić information content (AvgIpc) is 2.47. The lowest BCUT2D eigenvalue weighted by atomic mass is 9.99. The lowest BCUT2D eigenvalue weighted by Gasteiger charge is -2.39. The molecule has 0 radical (unpaired) electrons. The molecule has 9 heteroatoms. The standard InChI is InChI=1S/C12H23NO7S/c14-6-7-9(16)10(17)11(18)12(20-7)19-4-1-3-13-8(15)2-5-21/h7,9-12,14,16-18,21H,1-6H2,(H,13,15)/t7-,9+,10+,11-,12-/m1/s1. The first-order valence-corrected chi connectivity index (χ1v) is 7.44. The van der Waals surface area contributed by atoms with Gasteiger partial charge in [0.15, 0.2) is 6.29 Å². The highest BCUT2D eigenvalue weighted by Gasteiger charge is 2.43. The van der Waals surface area contributed by atoms with Crippen LogP contribution < -0.4 is 5.32 Å². The third-order valence-corrected chi connectivity index (χ3v) is 3.34. The van der Waals surface area contributed by atoms with Crippen molar-refractivity contribution in [1.82, 2.24) is 5.32 Å². The van der Waals surface area contributed by atoms with Crippen molar-refractivity contribution in [1.29, 1.82) is 0 Å². The summed E-state index contributed by atoms with van der Waals surface area (Å²) in [5.74, 6) is 0.380. The Balaban J connectivity index is 2.26. The maximum absolute atomic E-state index is 11.2. The van der Waals surface area contributed by atoms with Gasteiger partial charge in [-0.2, -0.15) is 12.6 Å². The number of aliphatic hydroxyl groups excluding tert-OH is 4. The third-order valence-electron chi connectivity index (χ3n) is 3.11. The molecule has 1 heterocycles. The molecule has 0 aromatic rings. The molecule has 21 heavy (non-hydrogen) atoms. The number of carbonyl (C=O) groups excluding carboxylic acids is 1. The Morgan fingerprint density at radius 1 is 1.24 bits per heavy atom. The van der Waals surface area contributed by atoms with Gasteiger partial charge in [-0.3, -0.25) is 4.79 Å². The molecule has 1 aliphatic heterocycles. The van der Waals surface area contributed by atoms with Gasteiger partial charge in [0.2, 0.25) is 5.91 Å². The molecule has 8 nitrogen and oxygen atoms in total. The minimum atomic E-state index is -1.45. The van der Waals surface area contributed by atoms with Gasteiger partial charge in [-0.25, -0.2) is 0 Å². The molecule has 0 aromatic carbocycles. The van der Waals surface area contributed by atoms with Gasteiger partial charge in [-0.05, 0) is 12.2 Å². The van der Waals surface area contributed by atoms with Crippen molar-refractivity contribution >= 4 is 18.5 Å². The van der Waals surface area contributed by atoms with Crippen LogP contribution in [0.1, 0.15) is 12.8 Å². The number of thiol groups is 1. The molecular weight excluding hydrogens is 302 g/mol. The summed E-state index contributed by atoms with van der Waals surface area (Å²) in [5.41, 5.74) is 0. The van der Waals surface area contributed by atoms with E-state index in [0.29, 0.717) is 25.1 Å². The zero-order chi connectivity index (χ0) is 15.8. The Morgan fingerprint density at radius 2 is 1.95 bits per heavy atom. The summed E-state index contributed by atoms with van der Waals surface area (Å²) in [7, 11) is 0. The lowest BCUT2D eigenvalue weighted by Crippen LogP contribution is -2.59. The second-order valence-corrected chi connectivity index (χ2v) is 5.19. The van der Waals surface area contributed by atoms with Crippen LogP contribution in [0.4, 0.5) is 0 Å². The normalized spacial score (nSPS) is 32.9. The van der Waals surface area contributed by atoms with E-state index in [1.54, 1.807) is 0 Å². The van der Waals surface area contributed by atoms with E-state index in [0.717, 1.165) is 0 Å².